The Bertz CT molecular complexity index is 341. The second-order valence-electron chi connectivity index (χ2n) is 4.77. The van der Waals surface area contributed by atoms with Crippen LogP contribution in [-0.2, 0) is 14.8 Å². The highest BCUT2D eigenvalue weighted by molar-refractivity contribution is 7.89. The van der Waals surface area contributed by atoms with Gasteiger partial charge in [0.15, 0.2) is 0 Å². The van der Waals surface area contributed by atoms with E-state index < -0.39 is 16.0 Å². The van der Waals surface area contributed by atoms with E-state index in [9.17, 15) is 13.2 Å². The van der Waals surface area contributed by atoms with Crippen molar-refractivity contribution in [1.82, 2.24) is 4.31 Å². The zero-order valence-corrected chi connectivity index (χ0v) is 12.9. The van der Waals surface area contributed by atoms with Gasteiger partial charge in [0.2, 0.25) is 10.0 Å². The van der Waals surface area contributed by atoms with Crippen molar-refractivity contribution in [2.24, 2.45) is 0 Å². The Hall–Kier alpha value is -0.620. The van der Waals surface area contributed by atoms with Gasteiger partial charge in [-0.2, -0.15) is 0 Å². The lowest BCUT2D eigenvalue weighted by molar-refractivity contribution is -0.137. The van der Waals surface area contributed by atoms with Crippen LogP contribution in [0.1, 0.15) is 58.8 Å². The lowest BCUT2D eigenvalue weighted by Crippen LogP contribution is -2.35. The fraction of sp³-hybridized carbons (Fsp3) is 0.923. The van der Waals surface area contributed by atoms with Crippen LogP contribution in [0.4, 0.5) is 0 Å². The number of sulfonamides is 1. The molecule has 0 saturated carbocycles. The van der Waals surface area contributed by atoms with Gasteiger partial charge in [-0.05, 0) is 12.8 Å². The molecule has 0 fully saturated rings. The van der Waals surface area contributed by atoms with Gasteiger partial charge in [-0.3, -0.25) is 4.79 Å². The zero-order valence-electron chi connectivity index (χ0n) is 12.1. The molecule has 0 aromatic heterocycles. The Morgan fingerprint density at radius 3 is 2.16 bits per heavy atom. The van der Waals surface area contributed by atoms with E-state index in [0.717, 1.165) is 32.1 Å². The molecule has 0 amide bonds. The number of carboxylic acids is 1. The predicted molar refractivity (Wildman–Crippen MR) is 76.7 cm³/mol. The summed E-state index contributed by atoms with van der Waals surface area (Å²) < 4.78 is 25.6. The summed E-state index contributed by atoms with van der Waals surface area (Å²) in [6.07, 6.45) is 5.30. The minimum atomic E-state index is -3.30. The normalized spacial score (nSPS) is 11.9. The van der Waals surface area contributed by atoms with Gasteiger partial charge in [0, 0.05) is 13.1 Å². The Kier molecular flexibility index (Phi) is 9.87. The number of carbonyl (C=O) groups is 1. The Morgan fingerprint density at radius 2 is 1.63 bits per heavy atom. The first-order valence-corrected chi connectivity index (χ1v) is 8.74. The third-order valence-electron chi connectivity index (χ3n) is 2.99. The first kappa shape index (κ1) is 18.4. The van der Waals surface area contributed by atoms with Crippen LogP contribution in [0.25, 0.3) is 0 Å². The van der Waals surface area contributed by atoms with E-state index >= 15 is 0 Å². The van der Waals surface area contributed by atoms with Crippen LogP contribution in [0.5, 0.6) is 0 Å². The van der Waals surface area contributed by atoms with Gasteiger partial charge in [-0.15, -0.1) is 0 Å². The molecule has 1 N–H and O–H groups in total. The quantitative estimate of drug-likeness (QED) is 0.561. The molecule has 0 aliphatic heterocycles. The van der Waals surface area contributed by atoms with Gasteiger partial charge in [0.25, 0.3) is 0 Å². The minimum Gasteiger partial charge on any atom is -0.481 e. The van der Waals surface area contributed by atoms with Crippen molar-refractivity contribution < 1.29 is 18.3 Å². The molecule has 0 rings (SSSR count). The summed E-state index contributed by atoms with van der Waals surface area (Å²) in [4.78, 5) is 10.6. The molecule has 0 aromatic carbocycles. The Morgan fingerprint density at radius 1 is 1.00 bits per heavy atom. The third-order valence-corrected chi connectivity index (χ3v) is 4.94. The number of aliphatic carboxylic acids is 1. The Balaban J connectivity index is 4.42. The predicted octanol–water partition coefficient (Wildman–Crippen LogP) is 2.47. The van der Waals surface area contributed by atoms with Crippen molar-refractivity contribution in [1.29, 1.82) is 0 Å². The highest BCUT2D eigenvalue weighted by Crippen LogP contribution is 2.09. The molecule has 0 atom stereocenters. The molecule has 0 unspecified atom stereocenters. The SMILES string of the molecule is CCCCCCN(CCC(=O)O)S(=O)(=O)CCCC. The molecule has 0 saturated heterocycles. The fourth-order valence-electron chi connectivity index (χ4n) is 1.78. The van der Waals surface area contributed by atoms with Crippen molar-refractivity contribution in [3.8, 4) is 0 Å². The maximum Gasteiger partial charge on any atom is 0.304 e. The summed E-state index contributed by atoms with van der Waals surface area (Å²) in [5.74, 6) is -0.832. The third kappa shape index (κ3) is 8.99. The Labute approximate surface area is 117 Å². The van der Waals surface area contributed by atoms with Crippen LogP contribution in [-0.4, -0.2) is 42.6 Å². The zero-order chi connectivity index (χ0) is 14.7. The molecule has 0 radical (unpaired) electrons. The van der Waals surface area contributed by atoms with Crippen LogP contribution in [0.3, 0.4) is 0 Å². The van der Waals surface area contributed by atoms with Crippen molar-refractivity contribution >= 4 is 16.0 Å². The van der Waals surface area contributed by atoms with Crippen LogP contribution in [0.15, 0.2) is 0 Å². The molecule has 5 nitrogen and oxygen atoms in total. The number of nitrogens with zero attached hydrogens (tertiary/aromatic N) is 1. The molecule has 114 valence electrons. The summed E-state index contributed by atoms with van der Waals surface area (Å²) in [5, 5.41) is 8.69. The van der Waals surface area contributed by atoms with E-state index in [1.165, 1.54) is 4.31 Å². The summed E-state index contributed by atoms with van der Waals surface area (Å²) in [6, 6.07) is 0. The first-order valence-electron chi connectivity index (χ1n) is 7.13. The van der Waals surface area contributed by atoms with E-state index in [2.05, 4.69) is 6.92 Å². The average molecular weight is 293 g/mol. The average Bonchev–Trinajstić information content (AvgIpc) is 2.35. The molecule has 0 spiro atoms. The molecule has 0 aromatic rings. The number of hydrogen-bond donors (Lipinski definition) is 1. The van der Waals surface area contributed by atoms with Gasteiger partial charge >= 0.3 is 5.97 Å². The highest BCUT2D eigenvalue weighted by atomic mass is 32.2. The molecule has 0 heterocycles. The maximum atomic E-state index is 12.1. The summed E-state index contributed by atoms with van der Waals surface area (Å²) in [5.41, 5.74) is 0. The topological polar surface area (TPSA) is 74.7 Å². The van der Waals surface area contributed by atoms with E-state index in [-0.39, 0.29) is 18.7 Å². The van der Waals surface area contributed by atoms with Crippen LogP contribution >= 0.6 is 0 Å². The largest absolute Gasteiger partial charge is 0.481 e. The molecular formula is C13H27NO4S. The molecule has 0 aliphatic carbocycles. The molecule has 0 aliphatic rings. The maximum absolute atomic E-state index is 12.1. The van der Waals surface area contributed by atoms with Crippen LogP contribution < -0.4 is 0 Å². The second-order valence-corrected chi connectivity index (χ2v) is 6.86. The lowest BCUT2D eigenvalue weighted by Gasteiger charge is -2.21. The van der Waals surface area contributed by atoms with Crippen molar-refractivity contribution in [3.63, 3.8) is 0 Å². The highest BCUT2D eigenvalue weighted by Gasteiger charge is 2.21. The first-order chi connectivity index (χ1) is 8.94. The van der Waals surface area contributed by atoms with Gasteiger partial charge in [0.1, 0.15) is 0 Å². The monoisotopic (exact) mass is 293 g/mol. The summed E-state index contributed by atoms with van der Waals surface area (Å²) >= 11 is 0. The van der Waals surface area contributed by atoms with E-state index in [1.54, 1.807) is 0 Å². The van der Waals surface area contributed by atoms with E-state index in [0.29, 0.717) is 13.0 Å². The van der Waals surface area contributed by atoms with Gasteiger partial charge in [0.05, 0.1) is 12.2 Å². The summed E-state index contributed by atoms with van der Waals surface area (Å²) in [7, 11) is -3.30. The van der Waals surface area contributed by atoms with Gasteiger partial charge in [-0.1, -0.05) is 39.5 Å². The number of rotatable bonds is 12. The van der Waals surface area contributed by atoms with E-state index in [4.69, 9.17) is 5.11 Å². The molecular weight excluding hydrogens is 266 g/mol. The van der Waals surface area contributed by atoms with Crippen LogP contribution in [0, 0.1) is 0 Å². The summed E-state index contributed by atoms with van der Waals surface area (Å²) in [6.45, 7) is 4.57. The number of hydrogen-bond acceptors (Lipinski definition) is 3. The van der Waals surface area contributed by atoms with Crippen molar-refractivity contribution in [2.75, 3.05) is 18.8 Å². The van der Waals surface area contributed by atoms with Gasteiger partial charge < -0.3 is 5.11 Å². The number of unbranched alkanes of at least 4 members (excludes halogenated alkanes) is 4. The second kappa shape index (κ2) is 10.2. The molecule has 19 heavy (non-hydrogen) atoms. The minimum absolute atomic E-state index is 0.0908. The molecule has 0 bridgehead atoms. The lowest BCUT2D eigenvalue weighted by atomic mass is 10.2. The number of carboxylic acid groups (broad SMARTS) is 1. The van der Waals surface area contributed by atoms with E-state index in [1.807, 2.05) is 6.92 Å². The smallest absolute Gasteiger partial charge is 0.304 e. The molecule has 6 heteroatoms. The van der Waals surface area contributed by atoms with Crippen molar-refractivity contribution in [2.45, 2.75) is 58.8 Å². The standard InChI is InChI=1S/C13H27NO4S/c1-3-5-7-8-10-14(11-9-13(15)16)19(17,18)12-6-4-2/h3-12H2,1-2H3,(H,15,16). The fourth-order valence-corrected chi connectivity index (χ4v) is 3.47. The van der Waals surface area contributed by atoms with Gasteiger partial charge in [-0.25, -0.2) is 12.7 Å². The van der Waals surface area contributed by atoms with Crippen molar-refractivity contribution in [3.05, 3.63) is 0 Å². The van der Waals surface area contributed by atoms with Crippen LogP contribution in [0.2, 0.25) is 0 Å².